The third-order valence-electron chi connectivity index (χ3n) is 3.89. The van der Waals surface area contributed by atoms with Crippen molar-refractivity contribution in [3.8, 4) is 12.5 Å². The molecule has 0 spiro atoms. The summed E-state index contributed by atoms with van der Waals surface area (Å²) in [7, 11) is 0. The summed E-state index contributed by atoms with van der Waals surface area (Å²) in [5, 5.41) is 68.1. The predicted octanol–water partition coefficient (Wildman–Crippen LogP) is 2.86. The van der Waals surface area contributed by atoms with Crippen molar-refractivity contribution in [2.45, 2.75) is 0 Å². The highest BCUT2D eigenvalue weighted by Gasteiger charge is 2.41. The highest BCUT2D eigenvalue weighted by atomic mass is 16.6. The molecule has 0 fully saturated rings. The third kappa shape index (κ3) is 4.23. The first-order chi connectivity index (χ1) is 15.3. The van der Waals surface area contributed by atoms with Crippen molar-refractivity contribution in [3.05, 3.63) is 85.0 Å². The lowest BCUT2D eigenvalue weighted by Gasteiger charge is -2.17. The molecular weight excluding hydrogens is 458 g/mol. The zero-order chi connectivity index (χ0) is 25.2. The Bertz CT molecular complexity index is 1150. The molecule has 2 aromatic rings. The van der Waals surface area contributed by atoms with Crippen LogP contribution in [0.4, 0.5) is 45.5 Å². The van der Waals surface area contributed by atoms with Gasteiger partial charge in [0.05, 0.1) is 53.8 Å². The van der Waals surface area contributed by atoms with E-state index in [0.29, 0.717) is 0 Å². The Labute approximate surface area is 178 Å². The Balaban J connectivity index is 3.13. The molecule has 0 atom stereocenters. The second kappa shape index (κ2) is 8.52. The van der Waals surface area contributed by atoms with Crippen molar-refractivity contribution in [1.82, 2.24) is 0 Å². The number of hydrogen-bond donors (Lipinski definition) is 0. The van der Waals surface area contributed by atoms with Gasteiger partial charge in [-0.05, 0) is 0 Å². The van der Waals surface area contributed by atoms with Gasteiger partial charge in [0.15, 0.2) is 0 Å². The van der Waals surface area contributed by atoms with Crippen LogP contribution >= 0.6 is 0 Å². The van der Waals surface area contributed by atoms with Crippen molar-refractivity contribution < 1.29 is 29.5 Å². The van der Waals surface area contributed by atoms with E-state index in [1.54, 1.807) is 6.04 Å². The fraction of sp³-hybridized carbons (Fsp3) is 0. The Morgan fingerprint density at radius 1 is 0.545 bits per heavy atom. The van der Waals surface area contributed by atoms with Crippen LogP contribution in [0.3, 0.4) is 0 Å². The number of nitro groups is 6. The fourth-order valence-electron chi connectivity index (χ4n) is 2.65. The van der Waals surface area contributed by atoms with E-state index in [9.17, 15) is 60.7 Å². The standard InChI is InChI=1S/C14H5N7O12/c1-2-15(13-9(18(26)27)3-7(16(22)23)4-10(13)19(28)29)14-11(20(30)31)5-8(17(24)25)6-12(14)21(32)33/h1,3-6H. The van der Waals surface area contributed by atoms with Gasteiger partial charge in [0.25, 0.3) is 11.4 Å². The number of terminal acetylenes is 1. The molecule has 0 saturated carbocycles. The molecule has 0 aliphatic carbocycles. The molecule has 19 heteroatoms. The van der Waals surface area contributed by atoms with Gasteiger partial charge in [0.1, 0.15) is 0 Å². The third-order valence-corrected chi connectivity index (χ3v) is 3.89. The molecule has 0 unspecified atom stereocenters. The molecule has 33 heavy (non-hydrogen) atoms. The molecule has 168 valence electrons. The van der Waals surface area contributed by atoms with Crippen LogP contribution in [0.25, 0.3) is 0 Å². The summed E-state index contributed by atoms with van der Waals surface area (Å²) in [5.41, 5.74) is -10.3. The summed E-state index contributed by atoms with van der Waals surface area (Å²) in [6.07, 6.45) is 5.23. The summed E-state index contributed by atoms with van der Waals surface area (Å²) in [6.45, 7) is 0. The number of benzene rings is 2. The summed E-state index contributed by atoms with van der Waals surface area (Å²) >= 11 is 0. The number of non-ortho nitro benzene ring substituents is 2. The van der Waals surface area contributed by atoms with Crippen molar-refractivity contribution in [2.24, 2.45) is 0 Å². The SMILES string of the molecule is C#CN(c1c([N+](=O)[O-])cc([N+](=O)[O-])cc1[N+](=O)[O-])c1c([N+](=O)[O-])cc([N+](=O)[O-])cc1[N+](=O)[O-]. The lowest BCUT2D eigenvalue weighted by atomic mass is 10.1. The zero-order valence-electron chi connectivity index (χ0n) is 15.4. The molecule has 0 radical (unpaired) electrons. The smallest absolute Gasteiger partial charge is 0.258 e. The molecule has 0 heterocycles. The van der Waals surface area contributed by atoms with E-state index in [4.69, 9.17) is 6.42 Å². The number of anilines is 2. The van der Waals surface area contributed by atoms with Gasteiger partial charge in [-0.25, -0.2) is 4.90 Å². The lowest BCUT2D eigenvalue weighted by molar-refractivity contribution is -0.402. The normalized spacial score (nSPS) is 10.0. The first-order valence-corrected chi connectivity index (χ1v) is 7.80. The Morgan fingerprint density at radius 2 is 0.788 bits per heavy atom. The van der Waals surface area contributed by atoms with E-state index < -0.39 is 75.0 Å². The fourth-order valence-corrected chi connectivity index (χ4v) is 2.65. The van der Waals surface area contributed by atoms with Crippen LogP contribution in [0, 0.1) is 73.2 Å². The number of rotatable bonds is 8. The van der Waals surface area contributed by atoms with Crippen LogP contribution in [0.2, 0.25) is 0 Å². The summed E-state index contributed by atoms with van der Waals surface area (Å²) in [4.78, 5) is 60.3. The Kier molecular flexibility index (Phi) is 6.06. The van der Waals surface area contributed by atoms with Crippen molar-refractivity contribution >= 4 is 45.5 Å². The van der Waals surface area contributed by atoms with Gasteiger partial charge >= 0.3 is 22.7 Å². The first-order valence-electron chi connectivity index (χ1n) is 7.80. The zero-order valence-corrected chi connectivity index (χ0v) is 15.4. The average Bonchev–Trinajstić information content (AvgIpc) is 2.72. The van der Waals surface area contributed by atoms with Crippen LogP contribution in [0.15, 0.2) is 24.3 Å². The summed E-state index contributed by atoms with van der Waals surface area (Å²) < 4.78 is 0. The maximum absolute atomic E-state index is 11.5. The minimum absolute atomic E-state index is 0.0139. The molecule has 2 aromatic carbocycles. The summed E-state index contributed by atoms with van der Waals surface area (Å²) in [6, 6.07) is 2.57. The molecule has 0 aliphatic rings. The molecule has 0 aliphatic heterocycles. The van der Waals surface area contributed by atoms with Crippen LogP contribution in [0.1, 0.15) is 0 Å². The number of nitro benzene ring substituents is 6. The van der Waals surface area contributed by atoms with Crippen molar-refractivity contribution in [2.75, 3.05) is 4.90 Å². The second-order valence-electron chi connectivity index (χ2n) is 5.67. The van der Waals surface area contributed by atoms with E-state index in [0.717, 1.165) is 0 Å². The first kappa shape index (κ1) is 23.5. The van der Waals surface area contributed by atoms with Gasteiger partial charge in [-0.1, -0.05) is 6.42 Å². The maximum Gasteiger partial charge on any atom is 0.307 e. The van der Waals surface area contributed by atoms with E-state index >= 15 is 0 Å². The summed E-state index contributed by atoms with van der Waals surface area (Å²) in [5.74, 6) is 0. The van der Waals surface area contributed by atoms with Crippen LogP contribution in [-0.2, 0) is 0 Å². The van der Waals surface area contributed by atoms with Crippen LogP contribution in [-0.4, -0.2) is 29.5 Å². The van der Waals surface area contributed by atoms with Crippen LogP contribution < -0.4 is 4.90 Å². The van der Waals surface area contributed by atoms with E-state index in [1.807, 2.05) is 0 Å². The van der Waals surface area contributed by atoms with Crippen LogP contribution in [0.5, 0.6) is 0 Å². The highest BCUT2D eigenvalue weighted by Crippen LogP contribution is 2.49. The van der Waals surface area contributed by atoms with Gasteiger partial charge in [0, 0.05) is 6.04 Å². The molecule has 19 nitrogen and oxygen atoms in total. The average molecular weight is 463 g/mol. The minimum Gasteiger partial charge on any atom is -0.258 e. The molecule has 0 bridgehead atoms. The predicted molar refractivity (Wildman–Crippen MR) is 104 cm³/mol. The van der Waals surface area contributed by atoms with E-state index in [2.05, 4.69) is 0 Å². The molecular formula is C14H5N7O12. The second-order valence-corrected chi connectivity index (χ2v) is 5.67. The molecule has 2 rings (SSSR count). The largest absolute Gasteiger partial charge is 0.307 e. The minimum atomic E-state index is -1.39. The lowest BCUT2D eigenvalue weighted by Crippen LogP contribution is -2.17. The van der Waals surface area contributed by atoms with Crippen molar-refractivity contribution in [1.29, 1.82) is 0 Å². The highest BCUT2D eigenvalue weighted by molar-refractivity contribution is 5.92. The number of hydrogen-bond acceptors (Lipinski definition) is 13. The quantitative estimate of drug-likeness (QED) is 0.236. The Morgan fingerprint density at radius 3 is 0.939 bits per heavy atom. The van der Waals surface area contributed by atoms with Gasteiger partial charge in [-0.2, -0.15) is 0 Å². The van der Waals surface area contributed by atoms with E-state index in [-0.39, 0.29) is 29.2 Å². The monoisotopic (exact) mass is 463 g/mol. The topological polar surface area (TPSA) is 262 Å². The van der Waals surface area contributed by atoms with Crippen molar-refractivity contribution in [3.63, 3.8) is 0 Å². The van der Waals surface area contributed by atoms with E-state index in [1.165, 1.54) is 0 Å². The van der Waals surface area contributed by atoms with Gasteiger partial charge < -0.3 is 0 Å². The van der Waals surface area contributed by atoms with Gasteiger partial charge in [-0.15, -0.1) is 0 Å². The van der Waals surface area contributed by atoms with Gasteiger partial charge in [0.2, 0.25) is 11.4 Å². The molecule has 0 N–H and O–H groups in total. The Hall–Kier alpha value is -5.80. The maximum atomic E-state index is 11.5. The van der Waals surface area contributed by atoms with Gasteiger partial charge in [-0.3, -0.25) is 60.7 Å². The molecule has 0 amide bonds. The molecule has 0 saturated heterocycles. The number of nitrogens with zero attached hydrogens (tertiary/aromatic N) is 7. The molecule has 0 aromatic heterocycles.